The van der Waals surface area contributed by atoms with Gasteiger partial charge in [-0.15, -0.1) is 0 Å². The van der Waals surface area contributed by atoms with Crippen molar-refractivity contribution in [1.82, 2.24) is 14.8 Å². The van der Waals surface area contributed by atoms with Gasteiger partial charge in [-0.3, -0.25) is 14.8 Å². The van der Waals surface area contributed by atoms with Gasteiger partial charge in [-0.05, 0) is 61.1 Å². The summed E-state index contributed by atoms with van der Waals surface area (Å²) in [6.07, 6.45) is 5.75. The van der Waals surface area contributed by atoms with E-state index in [0.29, 0.717) is 17.8 Å². The molecule has 35 heavy (non-hydrogen) atoms. The Labute approximate surface area is 203 Å². The minimum atomic E-state index is -0.366. The van der Waals surface area contributed by atoms with Gasteiger partial charge in [-0.25, -0.2) is 4.79 Å². The number of fused-ring (bicyclic) bond motifs is 3. The molecule has 4 heterocycles. The first-order chi connectivity index (χ1) is 17.1. The Bertz CT molecular complexity index is 1520. The molecule has 0 spiro atoms. The zero-order chi connectivity index (χ0) is 23.9. The van der Waals surface area contributed by atoms with Crippen LogP contribution in [-0.4, -0.2) is 47.5 Å². The van der Waals surface area contributed by atoms with Gasteiger partial charge in [0.05, 0.1) is 11.8 Å². The van der Waals surface area contributed by atoms with Gasteiger partial charge in [0.1, 0.15) is 11.3 Å². The molecule has 2 aliphatic rings. The predicted molar refractivity (Wildman–Crippen MR) is 134 cm³/mol. The quantitative estimate of drug-likeness (QED) is 0.401. The zero-order valence-electron chi connectivity index (χ0n) is 20.0. The average molecular weight is 469 g/mol. The van der Waals surface area contributed by atoms with Crippen LogP contribution in [0, 0.1) is 18.3 Å². The molecule has 7 heteroatoms. The molecule has 1 aliphatic heterocycles. The molecule has 1 fully saturated rings. The SMILES string of the molecule is Cc1ncc(CN2CCN(CCC#N)CC2)c2cc(-c3cc(=O)oc4cc5c(cc34)CCC5)oc12. The molecule has 1 aliphatic carbocycles. The highest BCUT2D eigenvalue weighted by molar-refractivity contribution is 5.96. The van der Waals surface area contributed by atoms with Crippen LogP contribution in [0.1, 0.15) is 35.2 Å². The van der Waals surface area contributed by atoms with Gasteiger partial charge in [-0.2, -0.15) is 5.26 Å². The third-order valence-electron chi connectivity index (χ3n) is 7.44. The number of aryl methyl sites for hydroxylation is 3. The van der Waals surface area contributed by atoms with E-state index in [1.54, 1.807) is 6.07 Å². The van der Waals surface area contributed by atoms with Gasteiger partial charge in [-0.1, -0.05) is 0 Å². The molecule has 7 nitrogen and oxygen atoms in total. The summed E-state index contributed by atoms with van der Waals surface area (Å²) < 4.78 is 11.9. The number of hydrogen-bond acceptors (Lipinski definition) is 7. The number of nitrogens with zero attached hydrogens (tertiary/aromatic N) is 4. The molecule has 0 bridgehead atoms. The van der Waals surface area contributed by atoms with E-state index in [0.717, 1.165) is 91.7 Å². The molecule has 0 saturated carbocycles. The van der Waals surface area contributed by atoms with Crippen molar-refractivity contribution in [2.45, 2.75) is 39.2 Å². The summed E-state index contributed by atoms with van der Waals surface area (Å²) in [5, 5.41) is 10.8. The van der Waals surface area contributed by atoms with E-state index in [1.165, 1.54) is 11.1 Å². The van der Waals surface area contributed by atoms with Gasteiger partial charge < -0.3 is 8.83 Å². The normalized spacial score (nSPS) is 16.7. The van der Waals surface area contributed by atoms with Crippen LogP contribution >= 0.6 is 0 Å². The molecule has 0 unspecified atom stereocenters. The Morgan fingerprint density at radius 1 is 1.00 bits per heavy atom. The van der Waals surface area contributed by atoms with Gasteiger partial charge in [0.2, 0.25) is 0 Å². The second-order valence-electron chi connectivity index (χ2n) is 9.70. The Balaban J connectivity index is 1.35. The Morgan fingerprint density at radius 3 is 2.57 bits per heavy atom. The lowest BCUT2D eigenvalue weighted by Gasteiger charge is -2.34. The number of pyridine rings is 1. The van der Waals surface area contributed by atoms with Gasteiger partial charge in [0.15, 0.2) is 5.58 Å². The molecule has 1 saturated heterocycles. The number of rotatable bonds is 5. The number of piperazine rings is 1. The molecule has 178 valence electrons. The summed E-state index contributed by atoms with van der Waals surface area (Å²) >= 11 is 0. The highest BCUT2D eigenvalue weighted by Crippen LogP contribution is 2.36. The monoisotopic (exact) mass is 468 g/mol. The van der Waals surface area contributed by atoms with Gasteiger partial charge >= 0.3 is 5.63 Å². The molecule has 0 radical (unpaired) electrons. The Morgan fingerprint density at radius 2 is 1.77 bits per heavy atom. The summed E-state index contributed by atoms with van der Waals surface area (Å²) in [5.74, 6) is 0.675. The van der Waals surface area contributed by atoms with Crippen molar-refractivity contribution < 1.29 is 8.83 Å². The fourth-order valence-electron chi connectivity index (χ4n) is 5.51. The summed E-state index contributed by atoms with van der Waals surface area (Å²) in [6, 6.07) is 10.0. The van der Waals surface area contributed by atoms with Crippen molar-refractivity contribution in [1.29, 1.82) is 5.26 Å². The maximum Gasteiger partial charge on any atom is 0.336 e. The number of nitriles is 1. The highest BCUT2D eigenvalue weighted by Gasteiger charge is 2.21. The van der Waals surface area contributed by atoms with Crippen molar-refractivity contribution in [3.63, 3.8) is 0 Å². The minimum absolute atomic E-state index is 0.366. The van der Waals surface area contributed by atoms with Crippen LogP contribution in [-0.2, 0) is 19.4 Å². The van der Waals surface area contributed by atoms with E-state index in [1.807, 2.05) is 19.2 Å². The maximum atomic E-state index is 12.4. The van der Waals surface area contributed by atoms with E-state index in [-0.39, 0.29) is 5.63 Å². The molecule has 3 aromatic heterocycles. The fourth-order valence-corrected chi connectivity index (χ4v) is 5.51. The van der Waals surface area contributed by atoms with Gasteiger partial charge in [0.25, 0.3) is 0 Å². The lowest BCUT2D eigenvalue weighted by atomic mass is 10.0. The number of benzene rings is 1. The second-order valence-corrected chi connectivity index (χ2v) is 9.70. The van der Waals surface area contributed by atoms with E-state index in [2.05, 4.69) is 33.0 Å². The van der Waals surface area contributed by atoms with Crippen molar-refractivity contribution in [2.75, 3.05) is 32.7 Å². The van der Waals surface area contributed by atoms with Crippen LogP contribution < -0.4 is 5.63 Å². The first-order valence-electron chi connectivity index (χ1n) is 12.4. The third kappa shape index (κ3) is 4.13. The summed E-state index contributed by atoms with van der Waals surface area (Å²) in [7, 11) is 0. The third-order valence-corrected chi connectivity index (χ3v) is 7.44. The first-order valence-corrected chi connectivity index (χ1v) is 12.4. The van der Waals surface area contributed by atoms with E-state index in [4.69, 9.17) is 14.1 Å². The number of furan rings is 1. The van der Waals surface area contributed by atoms with Crippen LogP contribution in [0.5, 0.6) is 0 Å². The molecular formula is C28H28N4O3. The Hall–Kier alpha value is -3.47. The summed E-state index contributed by atoms with van der Waals surface area (Å²) in [4.78, 5) is 21.8. The van der Waals surface area contributed by atoms with E-state index in [9.17, 15) is 4.79 Å². The second kappa shape index (κ2) is 8.95. The molecule has 1 aromatic carbocycles. The lowest BCUT2D eigenvalue weighted by Crippen LogP contribution is -2.46. The molecule has 0 amide bonds. The minimum Gasteiger partial charge on any atom is -0.454 e. The van der Waals surface area contributed by atoms with Crippen LogP contribution in [0.4, 0.5) is 0 Å². The Kier molecular flexibility index (Phi) is 5.63. The molecule has 0 N–H and O–H groups in total. The summed E-state index contributed by atoms with van der Waals surface area (Å²) in [5.41, 5.74) is 6.37. The molecular weight excluding hydrogens is 440 g/mol. The molecule has 4 aromatic rings. The summed E-state index contributed by atoms with van der Waals surface area (Å²) in [6.45, 7) is 7.45. The largest absolute Gasteiger partial charge is 0.454 e. The van der Waals surface area contributed by atoms with Crippen molar-refractivity contribution in [3.05, 3.63) is 63.3 Å². The highest BCUT2D eigenvalue weighted by atomic mass is 16.4. The molecule has 0 atom stereocenters. The fraction of sp³-hybridized carbons (Fsp3) is 0.393. The van der Waals surface area contributed by atoms with E-state index >= 15 is 0 Å². The number of hydrogen-bond donors (Lipinski definition) is 0. The lowest BCUT2D eigenvalue weighted by molar-refractivity contribution is 0.129. The van der Waals surface area contributed by atoms with Crippen LogP contribution in [0.3, 0.4) is 0 Å². The van der Waals surface area contributed by atoms with Crippen LogP contribution in [0.2, 0.25) is 0 Å². The van der Waals surface area contributed by atoms with Crippen molar-refractivity contribution in [2.24, 2.45) is 0 Å². The van der Waals surface area contributed by atoms with Gasteiger partial charge in [0, 0.05) is 74.3 Å². The van der Waals surface area contributed by atoms with Crippen LogP contribution in [0.25, 0.3) is 33.3 Å². The number of aromatic nitrogens is 1. The first kappa shape index (κ1) is 22.0. The smallest absolute Gasteiger partial charge is 0.336 e. The van der Waals surface area contributed by atoms with E-state index < -0.39 is 0 Å². The average Bonchev–Trinajstić information content (AvgIpc) is 3.51. The zero-order valence-corrected chi connectivity index (χ0v) is 20.0. The topological polar surface area (TPSA) is 86.5 Å². The van der Waals surface area contributed by atoms with Crippen LogP contribution in [0.15, 0.2) is 44.1 Å². The van der Waals surface area contributed by atoms with Crippen molar-refractivity contribution >= 4 is 21.9 Å². The standard InChI is InChI=1S/C28H28N4O3/c1-18-28-22(21(16-30-18)17-32-10-8-31(9-11-32)7-3-6-29)14-26(35-28)24-15-27(33)34-25-13-20-5-2-4-19(20)12-23(24)25/h12-16H,2-5,7-11,17H2,1H3. The maximum absolute atomic E-state index is 12.4. The van der Waals surface area contributed by atoms with Crippen molar-refractivity contribution in [3.8, 4) is 17.4 Å². The predicted octanol–water partition coefficient (Wildman–Crippen LogP) is 4.43. The molecule has 6 rings (SSSR count).